The van der Waals surface area contributed by atoms with E-state index in [4.69, 9.17) is 16.3 Å². The number of hydrogen-bond donors (Lipinski definition) is 1. The topological polar surface area (TPSA) is 68.3 Å². The van der Waals surface area contributed by atoms with Gasteiger partial charge in [0.2, 0.25) is 10.0 Å². The smallest absolute Gasteiger partial charge is 0.235 e. The molecule has 0 aromatic carbocycles. The number of anilines is 1. The Morgan fingerprint density at radius 3 is 2.83 bits per heavy atom. The van der Waals surface area contributed by atoms with Gasteiger partial charge in [-0.3, -0.25) is 4.72 Å². The van der Waals surface area contributed by atoms with Crippen molar-refractivity contribution in [3.8, 4) is 0 Å². The number of hydrogen-bond acceptors (Lipinski definition) is 4. The molecule has 1 heterocycles. The molecule has 1 aromatic rings. The van der Waals surface area contributed by atoms with E-state index in [-0.39, 0.29) is 29.3 Å². The fourth-order valence-corrected chi connectivity index (χ4v) is 2.55. The molecule has 18 heavy (non-hydrogen) atoms. The van der Waals surface area contributed by atoms with E-state index in [1.54, 1.807) is 6.07 Å². The first-order chi connectivity index (χ1) is 8.30. The number of aromatic nitrogens is 1. The van der Waals surface area contributed by atoms with Crippen LogP contribution in [0.4, 0.5) is 5.69 Å². The van der Waals surface area contributed by atoms with Gasteiger partial charge in [0.15, 0.2) is 5.15 Å². The van der Waals surface area contributed by atoms with Gasteiger partial charge in [0.1, 0.15) is 0 Å². The summed E-state index contributed by atoms with van der Waals surface area (Å²) in [6.45, 7) is 3.82. The van der Waals surface area contributed by atoms with E-state index >= 15 is 0 Å². The second-order valence-electron chi connectivity index (χ2n) is 3.83. The number of ether oxygens (including phenoxy) is 1. The van der Waals surface area contributed by atoms with E-state index in [0.29, 0.717) is 4.47 Å². The maximum atomic E-state index is 11.8. The fraction of sp³-hybridized carbons (Fsp3) is 0.500. The molecule has 0 saturated carbocycles. The number of nitrogens with zero attached hydrogens (tertiary/aromatic N) is 1. The fourth-order valence-electron chi connectivity index (χ4n) is 1.11. The van der Waals surface area contributed by atoms with E-state index in [2.05, 4.69) is 25.6 Å². The van der Waals surface area contributed by atoms with Crippen LogP contribution in [-0.2, 0) is 14.8 Å². The van der Waals surface area contributed by atoms with Crippen LogP contribution < -0.4 is 4.72 Å². The van der Waals surface area contributed by atoms with Gasteiger partial charge in [-0.15, -0.1) is 0 Å². The number of rotatable bonds is 6. The first-order valence-corrected chi connectivity index (χ1v) is 8.05. The SMILES string of the molecule is CC(C)OCCS(=O)(=O)Nc1cc(Br)cnc1Cl. The Kier molecular flexibility index (Phi) is 5.84. The third-order valence-corrected chi connectivity index (χ3v) is 3.84. The molecule has 0 spiro atoms. The van der Waals surface area contributed by atoms with Crippen LogP contribution in [0.2, 0.25) is 5.15 Å². The summed E-state index contributed by atoms with van der Waals surface area (Å²) in [5.74, 6) is -0.131. The summed E-state index contributed by atoms with van der Waals surface area (Å²) in [5, 5.41) is 0.103. The van der Waals surface area contributed by atoms with Gasteiger partial charge in [0.25, 0.3) is 0 Å². The lowest BCUT2D eigenvalue weighted by molar-refractivity contribution is 0.0913. The van der Waals surface area contributed by atoms with Gasteiger partial charge in [0, 0.05) is 10.7 Å². The normalized spacial score (nSPS) is 11.8. The number of nitrogens with one attached hydrogen (secondary N) is 1. The van der Waals surface area contributed by atoms with E-state index in [1.807, 2.05) is 13.8 Å². The molecule has 0 amide bonds. The van der Waals surface area contributed by atoms with Crippen LogP contribution in [0.15, 0.2) is 16.7 Å². The van der Waals surface area contributed by atoms with Crippen LogP contribution in [0.5, 0.6) is 0 Å². The predicted octanol–water partition coefficient (Wildman–Crippen LogP) is 2.66. The molecular formula is C10H14BrClN2O3S. The lowest BCUT2D eigenvalue weighted by Gasteiger charge is -2.11. The molecular weight excluding hydrogens is 344 g/mol. The molecule has 1 N–H and O–H groups in total. The van der Waals surface area contributed by atoms with Gasteiger partial charge in [-0.2, -0.15) is 0 Å². The van der Waals surface area contributed by atoms with Crippen LogP contribution in [-0.4, -0.2) is 31.9 Å². The van der Waals surface area contributed by atoms with Gasteiger partial charge in [0.05, 0.1) is 24.2 Å². The van der Waals surface area contributed by atoms with Crippen molar-refractivity contribution in [2.45, 2.75) is 20.0 Å². The number of pyridine rings is 1. The number of sulfonamides is 1. The summed E-state index contributed by atoms with van der Waals surface area (Å²) in [6.07, 6.45) is 1.48. The maximum Gasteiger partial charge on any atom is 0.235 e. The zero-order valence-corrected chi connectivity index (χ0v) is 13.1. The standard InChI is InChI=1S/C10H14BrClN2O3S/c1-7(2)17-3-4-18(15,16)14-9-5-8(11)6-13-10(9)12/h5-7,14H,3-4H2,1-2H3. The van der Waals surface area contributed by atoms with Crippen LogP contribution in [0.1, 0.15) is 13.8 Å². The molecule has 1 aromatic heterocycles. The predicted molar refractivity (Wildman–Crippen MR) is 75.4 cm³/mol. The van der Waals surface area contributed by atoms with Crippen LogP contribution in [0, 0.1) is 0 Å². The summed E-state index contributed by atoms with van der Waals surface area (Å²) in [6, 6.07) is 1.55. The van der Waals surface area contributed by atoms with Crippen molar-refractivity contribution >= 4 is 43.2 Å². The molecule has 0 aliphatic rings. The van der Waals surface area contributed by atoms with Gasteiger partial charge in [-0.25, -0.2) is 13.4 Å². The Labute approximate surface area is 120 Å². The molecule has 0 saturated heterocycles. The van der Waals surface area contributed by atoms with Crippen molar-refractivity contribution in [2.24, 2.45) is 0 Å². The van der Waals surface area contributed by atoms with E-state index < -0.39 is 10.0 Å². The molecule has 102 valence electrons. The Morgan fingerprint density at radius 1 is 1.56 bits per heavy atom. The molecule has 0 unspecified atom stereocenters. The van der Waals surface area contributed by atoms with Crippen molar-refractivity contribution in [1.29, 1.82) is 0 Å². The molecule has 0 aliphatic heterocycles. The Balaban J connectivity index is 2.67. The quantitative estimate of drug-likeness (QED) is 0.795. The minimum Gasteiger partial charge on any atom is -0.378 e. The average Bonchev–Trinajstić information content (AvgIpc) is 2.22. The van der Waals surface area contributed by atoms with Crippen molar-refractivity contribution in [3.05, 3.63) is 21.9 Å². The molecule has 0 bridgehead atoms. The average molecular weight is 358 g/mol. The summed E-state index contributed by atoms with van der Waals surface area (Å²) in [5.41, 5.74) is 0.246. The van der Waals surface area contributed by atoms with Gasteiger partial charge < -0.3 is 4.74 Å². The largest absolute Gasteiger partial charge is 0.378 e. The summed E-state index contributed by atoms with van der Waals surface area (Å²) in [4.78, 5) is 3.83. The Hall–Kier alpha value is -0.370. The second kappa shape index (κ2) is 6.70. The molecule has 1 rings (SSSR count). The van der Waals surface area contributed by atoms with Crippen molar-refractivity contribution in [1.82, 2.24) is 4.98 Å². The molecule has 5 nitrogen and oxygen atoms in total. The highest BCUT2D eigenvalue weighted by molar-refractivity contribution is 9.10. The number of halogens is 2. The van der Waals surface area contributed by atoms with Crippen molar-refractivity contribution in [3.63, 3.8) is 0 Å². The van der Waals surface area contributed by atoms with Crippen LogP contribution in [0.3, 0.4) is 0 Å². The third-order valence-electron chi connectivity index (χ3n) is 1.87. The molecule has 0 fully saturated rings. The van der Waals surface area contributed by atoms with Crippen LogP contribution in [0.25, 0.3) is 0 Å². The Morgan fingerprint density at radius 2 is 2.22 bits per heavy atom. The lowest BCUT2D eigenvalue weighted by atomic mass is 10.4. The van der Waals surface area contributed by atoms with E-state index in [0.717, 1.165) is 0 Å². The minimum absolute atomic E-state index is 0.00340. The molecule has 0 radical (unpaired) electrons. The van der Waals surface area contributed by atoms with Gasteiger partial charge >= 0.3 is 0 Å². The van der Waals surface area contributed by atoms with Gasteiger partial charge in [-0.1, -0.05) is 11.6 Å². The van der Waals surface area contributed by atoms with Crippen molar-refractivity contribution < 1.29 is 13.2 Å². The highest BCUT2D eigenvalue weighted by Gasteiger charge is 2.13. The molecule has 8 heteroatoms. The van der Waals surface area contributed by atoms with E-state index in [1.165, 1.54) is 6.20 Å². The summed E-state index contributed by atoms with van der Waals surface area (Å²) < 4.78 is 31.7. The minimum atomic E-state index is -3.49. The highest BCUT2D eigenvalue weighted by atomic mass is 79.9. The summed E-state index contributed by atoms with van der Waals surface area (Å²) >= 11 is 8.99. The van der Waals surface area contributed by atoms with Gasteiger partial charge in [-0.05, 0) is 35.8 Å². The molecule has 0 atom stereocenters. The second-order valence-corrected chi connectivity index (χ2v) is 6.95. The van der Waals surface area contributed by atoms with Crippen LogP contribution >= 0.6 is 27.5 Å². The zero-order valence-electron chi connectivity index (χ0n) is 9.98. The first-order valence-electron chi connectivity index (χ1n) is 5.23. The van der Waals surface area contributed by atoms with Crippen molar-refractivity contribution in [2.75, 3.05) is 17.1 Å². The highest BCUT2D eigenvalue weighted by Crippen LogP contribution is 2.23. The first kappa shape index (κ1) is 15.7. The molecule has 0 aliphatic carbocycles. The van der Waals surface area contributed by atoms with E-state index in [9.17, 15) is 8.42 Å². The summed E-state index contributed by atoms with van der Waals surface area (Å²) in [7, 11) is -3.49. The lowest BCUT2D eigenvalue weighted by Crippen LogP contribution is -2.21. The maximum absolute atomic E-state index is 11.8. The Bertz CT molecular complexity index is 508. The zero-order chi connectivity index (χ0) is 13.8. The third kappa shape index (κ3) is 5.51. The monoisotopic (exact) mass is 356 g/mol.